The van der Waals surface area contributed by atoms with Gasteiger partial charge in [0.25, 0.3) is 0 Å². The minimum atomic E-state index is 0.145. The Morgan fingerprint density at radius 3 is 1.28 bits per heavy atom. The molecule has 0 amide bonds. The number of benzene rings is 2. The van der Waals surface area contributed by atoms with Crippen molar-refractivity contribution in [1.29, 1.82) is 10.8 Å². The first-order valence-electron chi connectivity index (χ1n) is 12.2. The van der Waals surface area contributed by atoms with Gasteiger partial charge in [-0.3, -0.25) is 10.8 Å². The molecule has 2 aromatic carbocycles. The lowest BCUT2D eigenvalue weighted by molar-refractivity contribution is 0.380. The maximum Gasteiger partial charge on any atom is 0.188 e. The van der Waals surface area contributed by atoms with Crippen molar-refractivity contribution >= 4 is 23.3 Å². The van der Waals surface area contributed by atoms with E-state index in [-0.39, 0.29) is 11.9 Å². The third kappa shape index (κ3) is 5.02. The highest BCUT2D eigenvalue weighted by Gasteiger charge is 2.19. The summed E-state index contributed by atoms with van der Waals surface area (Å²) < 4.78 is 0. The molecule has 3 aromatic rings. The van der Waals surface area contributed by atoms with Crippen LogP contribution in [0, 0.1) is 10.8 Å². The monoisotopic (exact) mass is 484 g/mol. The van der Waals surface area contributed by atoms with Gasteiger partial charge in [0.2, 0.25) is 0 Å². The fourth-order valence-electron chi connectivity index (χ4n) is 4.77. The van der Waals surface area contributed by atoms with E-state index in [2.05, 4.69) is 68.3 Å². The van der Waals surface area contributed by atoms with Crippen molar-refractivity contribution < 1.29 is 0 Å². The van der Waals surface area contributed by atoms with Crippen molar-refractivity contribution in [2.45, 2.75) is 0 Å². The summed E-state index contributed by atoms with van der Waals surface area (Å²) in [5.74, 6) is 0.290. The van der Waals surface area contributed by atoms with E-state index in [1.54, 1.807) is 6.33 Å². The molecule has 2 saturated heterocycles. The van der Waals surface area contributed by atoms with E-state index in [1.165, 1.54) is 0 Å². The quantitative estimate of drug-likeness (QED) is 0.325. The zero-order chi connectivity index (χ0) is 25.1. The summed E-state index contributed by atoms with van der Waals surface area (Å²) in [6.07, 6.45) is 1.62. The molecule has 36 heavy (non-hydrogen) atoms. The molecular formula is C26H32N10. The molecule has 0 saturated carbocycles. The molecule has 3 heterocycles. The fourth-order valence-corrected chi connectivity index (χ4v) is 4.77. The van der Waals surface area contributed by atoms with Gasteiger partial charge < -0.3 is 31.1 Å². The number of rotatable bonds is 4. The lowest BCUT2D eigenvalue weighted by Crippen LogP contribution is -2.50. The lowest BCUT2D eigenvalue weighted by atomic mass is 10.1. The summed E-state index contributed by atoms with van der Waals surface area (Å²) in [5, 5.41) is 15.2. The average Bonchev–Trinajstić information content (AvgIpc) is 2.93. The van der Waals surface area contributed by atoms with Crippen molar-refractivity contribution in [1.82, 2.24) is 19.8 Å². The topological polar surface area (TPSA) is 138 Å². The van der Waals surface area contributed by atoms with Crippen molar-refractivity contribution in [3.05, 3.63) is 60.9 Å². The highest BCUT2D eigenvalue weighted by atomic mass is 15.3. The summed E-state index contributed by atoms with van der Waals surface area (Å²) in [7, 11) is 0. The Balaban J connectivity index is 1.25. The Morgan fingerprint density at radius 1 is 0.583 bits per heavy atom. The second-order valence-electron chi connectivity index (χ2n) is 9.10. The number of guanidine groups is 2. The molecule has 186 valence electrons. The first-order valence-corrected chi connectivity index (χ1v) is 12.2. The van der Waals surface area contributed by atoms with Crippen LogP contribution in [-0.2, 0) is 0 Å². The van der Waals surface area contributed by atoms with Crippen LogP contribution < -0.4 is 21.3 Å². The van der Waals surface area contributed by atoms with Crippen LogP contribution >= 0.6 is 0 Å². The van der Waals surface area contributed by atoms with E-state index >= 15 is 0 Å². The van der Waals surface area contributed by atoms with Gasteiger partial charge in [-0.2, -0.15) is 0 Å². The van der Waals surface area contributed by atoms with Crippen LogP contribution in [0.2, 0.25) is 0 Å². The molecule has 0 aliphatic carbocycles. The fraction of sp³-hybridized carbons (Fsp3) is 0.308. The van der Waals surface area contributed by atoms with Gasteiger partial charge >= 0.3 is 0 Å². The minimum absolute atomic E-state index is 0.145. The molecule has 2 aliphatic heterocycles. The van der Waals surface area contributed by atoms with Gasteiger partial charge in [0, 0.05) is 74.9 Å². The Labute approximate surface area is 211 Å². The molecule has 2 fully saturated rings. The Bertz CT molecular complexity index is 1120. The predicted molar refractivity (Wildman–Crippen MR) is 144 cm³/mol. The number of hydrogen-bond acceptors (Lipinski definition) is 6. The summed E-state index contributed by atoms with van der Waals surface area (Å²) in [6, 6.07) is 18.9. The van der Waals surface area contributed by atoms with Crippen LogP contribution in [0.25, 0.3) is 22.5 Å². The molecule has 10 heteroatoms. The second kappa shape index (κ2) is 10.1. The first-order chi connectivity index (χ1) is 17.5. The van der Waals surface area contributed by atoms with E-state index in [0.717, 1.165) is 86.2 Å². The molecule has 0 atom stereocenters. The van der Waals surface area contributed by atoms with E-state index in [9.17, 15) is 0 Å². The van der Waals surface area contributed by atoms with Crippen LogP contribution in [0.1, 0.15) is 0 Å². The molecule has 1 aromatic heterocycles. The molecule has 6 N–H and O–H groups in total. The lowest BCUT2D eigenvalue weighted by Gasteiger charge is -2.36. The third-order valence-corrected chi connectivity index (χ3v) is 6.96. The molecule has 2 aliphatic rings. The summed E-state index contributed by atoms with van der Waals surface area (Å²) in [4.78, 5) is 17.4. The molecule has 0 bridgehead atoms. The van der Waals surface area contributed by atoms with Gasteiger partial charge in [-0.25, -0.2) is 9.97 Å². The number of nitrogens with zero attached hydrogens (tertiary/aromatic N) is 6. The Morgan fingerprint density at radius 2 is 0.944 bits per heavy atom. The smallest absolute Gasteiger partial charge is 0.188 e. The van der Waals surface area contributed by atoms with Gasteiger partial charge in [0.15, 0.2) is 11.9 Å². The van der Waals surface area contributed by atoms with E-state index in [1.807, 2.05) is 15.9 Å². The Kier molecular flexibility index (Phi) is 6.57. The summed E-state index contributed by atoms with van der Waals surface area (Å²) in [6.45, 7) is 6.44. The van der Waals surface area contributed by atoms with Crippen molar-refractivity contribution in [2.75, 3.05) is 62.2 Å². The van der Waals surface area contributed by atoms with Crippen LogP contribution in [-0.4, -0.2) is 84.0 Å². The number of piperazine rings is 2. The zero-order valence-electron chi connectivity index (χ0n) is 20.3. The SMILES string of the molecule is N=C(N)N1CCN(c2ccc(-c3cc(-c4ccc(N5CCN(C(=N)N)CC5)cc4)ncn3)cc2)CC1. The van der Waals surface area contributed by atoms with Crippen LogP contribution in [0.3, 0.4) is 0 Å². The summed E-state index contributed by atoms with van der Waals surface area (Å²) >= 11 is 0. The Hall–Kier alpha value is -4.34. The van der Waals surface area contributed by atoms with Crippen molar-refractivity contribution in [3.63, 3.8) is 0 Å². The van der Waals surface area contributed by atoms with E-state index in [0.29, 0.717) is 0 Å². The number of nitrogens with two attached hydrogens (primary N) is 2. The van der Waals surface area contributed by atoms with Crippen molar-refractivity contribution in [2.24, 2.45) is 11.5 Å². The van der Waals surface area contributed by atoms with Crippen LogP contribution in [0.15, 0.2) is 60.9 Å². The van der Waals surface area contributed by atoms with Crippen LogP contribution in [0.4, 0.5) is 11.4 Å². The first kappa shape index (κ1) is 23.4. The highest BCUT2D eigenvalue weighted by molar-refractivity contribution is 5.75. The average molecular weight is 485 g/mol. The van der Waals surface area contributed by atoms with Gasteiger partial charge in [-0.05, 0) is 30.3 Å². The molecule has 0 radical (unpaired) electrons. The maximum atomic E-state index is 7.60. The zero-order valence-corrected chi connectivity index (χ0v) is 20.3. The number of anilines is 2. The highest BCUT2D eigenvalue weighted by Crippen LogP contribution is 2.27. The standard InChI is InChI=1S/C26H32N10/c27-25(28)35-13-9-33(10-14-35)21-5-1-19(2-6-21)23-17-24(32-18-31-23)20-3-7-22(8-4-20)34-11-15-36(16-12-34)26(29)30/h1-8,17-18H,9-16H2,(H3,27,28)(H3,29,30). The predicted octanol–water partition coefficient (Wildman–Crippen LogP) is 1.84. The van der Waals surface area contributed by atoms with Crippen LogP contribution in [0.5, 0.6) is 0 Å². The molecular weight excluding hydrogens is 452 g/mol. The second-order valence-corrected chi connectivity index (χ2v) is 9.10. The van der Waals surface area contributed by atoms with Crippen molar-refractivity contribution in [3.8, 4) is 22.5 Å². The summed E-state index contributed by atoms with van der Waals surface area (Å²) in [5.41, 5.74) is 17.4. The number of aromatic nitrogens is 2. The normalized spacial score (nSPS) is 16.2. The van der Waals surface area contributed by atoms with E-state index in [4.69, 9.17) is 22.3 Å². The third-order valence-electron chi connectivity index (χ3n) is 6.96. The number of nitrogens with one attached hydrogen (secondary N) is 2. The molecule has 5 rings (SSSR count). The largest absolute Gasteiger partial charge is 0.370 e. The van der Waals surface area contributed by atoms with Gasteiger partial charge in [-0.1, -0.05) is 24.3 Å². The van der Waals surface area contributed by atoms with E-state index < -0.39 is 0 Å². The van der Waals surface area contributed by atoms with Gasteiger partial charge in [-0.15, -0.1) is 0 Å². The number of hydrogen-bond donors (Lipinski definition) is 4. The molecule has 0 unspecified atom stereocenters. The van der Waals surface area contributed by atoms with Gasteiger partial charge in [0.05, 0.1) is 11.4 Å². The minimum Gasteiger partial charge on any atom is -0.370 e. The van der Waals surface area contributed by atoms with Gasteiger partial charge in [0.1, 0.15) is 6.33 Å². The molecule has 10 nitrogen and oxygen atoms in total. The maximum absolute atomic E-state index is 7.60. The molecule has 0 spiro atoms.